The summed E-state index contributed by atoms with van der Waals surface area (Å²) in [5, 5.41) is 10.4. The van der Waals surface area contributed by atoms with E-state index in [2.05, 4.69) is 27.7 Å². The highest BCUT2D eigenvalue weighted by atomic mass is 32.2. The molecule has 9 heteroatoms. The molecule has 2 aliphatic heterocycles. The van der Waals surface area contributed by atoms with E-state index in [1.165, 1.54) is 0 Å². The van der Waals surface area contributed by atoms with Gasteiger partial charge in [-0.05, 0) is 63.5 Å². The number of carbonyl (C=O) groups excluding carboxylic acids is 1. The number of urea groups is 1. The highest BCUT2D eigenvalue weighted by molar-refractivity contribution is 7.91. The Morgan fingerprint density at radius 3 is 2.76 bits per heavy atom. The molecule has 1 saturated heterocycles. The van der Waals surface area contributed by atoms with Crippen molar-refractivity contribution in [3.05, 3.63) is 41.1 Å². The number of amides is 2. The van der Waals surface area contributed by atoms with E-state index in [1.807, 2.05) is 23.7 Å². The first-order valence-corrected chi connectivity index (χ1v) is 11.6. The molecule has 1 aromatic carbocycles. The second-order valence-corrected chi connectivity index (χ2v) is 10.0. The number of likely N-dealkylation sites (tertiary alicyclic amines) is 1. The predicted molar refractivity (Wildman–Crippen MR) is 111 cm³/mol. The van der Waals surface area contributed by atoms with Crippen LogP contribution in [0.15, 0.2) is 29.2 Å². The lowest BCUT2D eigenvalue weighted by Gasteiger charge is -2.30. The highest BCUT2D eigenvalue weighted by Gasteiger charge is 2.26. The average molecular weight is 418 g/mol. The van der Waals surface area contributed by atoms with Gasteiger partial charge in [0.2, 0.25) is 0 Å². The van der Waals surface area contributed by atoms with Gasteiger partial charge in [0, 0.05) is 12.6 Å². The Labute approximate surface area is 171 Å². The summed E-state index contributed by atoms with van der Waals surface area (Å²) in [7, 11) is -1.01. The van der Waals surface area contributed by atoms with Crippen LogP contribution >= 0.6 is 0 Å². The van der Waals surface area contributed by atoms with Crippen LogP contribution in [0.2, 0.25) is 0 Å². The summed E-state index contributed by atoms with van der Waals surface area (Å²) in [5.74, 6) is 0.870. The molecule has 2 aromatic rings. The van der Waals surface area contributed by atoms with Gasteiger partial charge in [0.1, 0.15) is 5.82 Å². The monoisotopic (exact) mass is 417 g/mol. The molecule has 29 heavy (non-hydrogen) atoms. The summed E-state index contributed by atoms with van der Waals surface area (Å²) in [4.78, 5) is 15.2. The fourth-order valence-corrected chi connectivity index (χ4v) is 5.61. The maximum absolute atomic E-state index is 12.5. The van der Waals surface area contributed by atoms with Crippen LogP contribution in [0.25, 0.3) is 0 Å². The second kappa shape index (κ2) is 7.79. The highest BCUT2D eigenvalue weighted by Crippen LogP contribution is 2.27. The molecule has 0 spiro atoms. The van der Waals surface area contributed by atoms with Crippen molar-refractivity contribution in [1.82, 2.24) is 20.0 Å². The number of rotatable bonds is 4. The number of hydrogen-bond donors (Lipinski definition) is 2. The maximum atomic E-state index is 12.5. The average Bonchev–Trinajstić information content (AvgIpc) is 3.19. The van der Waals surface area contributed by atoms with Crippen LogP contribution in [0.1, 0.15) is 35.7 Å². The molecule has 0 saturated carbocycles. The van der Waals surface area contributed by atoms with E-state index in [0.717, 1.165) is 42.8 Å². The van der Waals surface area contributed by atoms with E-state index in [4.69, 9.17) is 0 Å². The van der Waals surface area contributed by atoms with E-state index in [9.17, 15) is 13.2 Å². The summed E-state index contributed by atoms with van der Waals surface area (Å²) < 4.78 is 25.8. The van der Waals surface area contributed by atoms with E-state index in [-0.39, 0.29) is 17.8 Å². The van der Waals surface area contributed by atoms with Gasteiger partial charge < -0.3 is 10.2 Å². The van der Waals surface area contributed by atoms with Gasteiger partial charge in [-0.2, -0.15) is 5.10 Å². The van der Waals surface area contributed by atoms with Gasteiger partial charge in [-0.15, -0.1) is 0 Å². The zero-order valence-corrected chi connectivity index (χ0v) is 17.6. The Morgan fingerprint density at radius 2 is 2.00 bits per heavy atom. The maximum Gasteiger partial charge on any atom is 0.320 e. The first kappa shape index (κ1) is 19.9. The number of hydrogen-bond acceptors (Lipinski definition) is 5. The molecule has 2 N–H and O–H groups in total. The van der Waals surface area contributed by atoms with Crippen LogP contribution in [0, 0.1) is 6.92 Å². The van der Waals surface area contributed by atoms with E-state index >= 15 is 0 Å². The van der Waals surface area contributed by atoms with Gasteiger partial charge in [-0.25, -0.2) is 17.9 Å². The minimum atomic E-state index is -3.12. The van der Waals surface area contributed by atoms with Crippen molar-refractivity contribution in [2.45, 2.75) is 43.7 Å². The number of sulfone groups is 1. The van der Waals surface area contributed by atoms with Crippen molar-refractivity contribution in [2.24, 2.45) is 0 Å². The SMILES string of the molecule is Cc1cc(NC(=O)NCc2ccc3c(c2)CCS3(=O)=O)n(C2CCN(C)CC2)n1. The van der Waals surface area contributed by atoms with Crippen LogP contribution in [-0.4, -0.2) is 55.0 Å². The smallest absolute Gasteiger partial charge is 0.320 e. The third-order valence-electron chi connectivity index (χ3n) is 5.69. The van der Waals surface area contributed by atoms with Gasteiger partial charge in [0.15, 0.2) is 9.84 Å². The Bertz CT molecular complexity index is 1020. The topological polar surface area (TPSA) is 96.3 Å². The lowest BCUT2D eigenvalue weighted by molar-refractivity contribution is 0.213. The first-order chi connectivity index (χ1) is 13.8. The number of benzene rings is 1. The molecular weight excluding hydrogens is 390 g/mol. The summed E-state index contributed by atoms with van der Waals surface area (Å²) in [6.07, 6.45) is 2.55. The van der Waals surface area contributed by atoms with Gasteiger partial charge in [0.05, 0.1) is 22.4 Å². The third kappa shape index (κ3) is 4.30. The fourth-order valence-electron chi connectivity index (χ4n) is 4.07. The first-order valence-electron chi connectivity index (χ1n) is 9.96. The van der Waals surface area contributed by atoms with Crippen molar-refractivity contribution in [1.29, 1.82) is 0 Å². The van der Waals surface area contributed by atoms with Gasteiger partial charge >= 0.3 is 6.03 Å². The third-order valence-corrected chi connectivity index (χ3v) is 7.50. The molecule has 0 radical (unpaired) electrons. The number of carbonyl (C=O) groups is 1. The second-order valence-electron chi connectivity index (χ2n) is 7.97. The van der Waals surface area contributed by atoms with Crippen molar-refractivity contribution >= 4 is 21.7 Å². The number of fused-ring (bicyclic) bond motifs is 1. The zero-order chi connectivity index (χ0) is 20.6. The number of aromatic nitrogens is 2. The number of piperidine rings is 1. The number of nitrogens with zero attached hydrogens (tertiary/aromatic N) is 3. The van der Waals surface area contributed by atoms with Crippen LogP contribution in [0.3, 0.4) is 0 Å². The van der Waals surface area contributed by atoms with Crippen molar-refractivity contribution in [3.63, 3.8) is 0 Å². The van der Waals surface area contributed by atoms with Gasteiger partial charge in [0.25, 0.3) is 0 Å². The van der Waals surface area contributed by atoms with Crippen LogP contribution in [-0.2, 0) is 22.8 Å². The van der Waals surface area contributed by atoms with Crippen LogP contribution < -0.4 is 10.6 Å². The Kier molecular flexibility index (Phi) is 5.35. The molecule has 3 heterocycles. The zero-order valence-electron chi connectivity index (χ0n) is 16.8. The Hall–Kier alpha value is -2.39. The van der Waals surface area contributed by atoms with Crippen LogP contribution in [0.4, 0.5) is 10.6 Å². The number of nitrogens with one attached hydrogen (secondary N) is 2. The normalized spacial score (nSPS) is 19.1. The van der Waals surface area contributed by atoms with Gasteiger partial charge in [-0.3, -0.25) is 5.32 Å². The van der Waals surface area contributed by atoms with E-state index < -0.39 is 9.84 Å². The standard InChI is InChI=1S/C20H27N5O3S/c1-14-11-19(25(23-14)17-5-8-24(2)9-6-17)22-20(26)21-13-15-3-4-18-16(12-15)7-10-29(18,27)28/h3-4,11-12,17H,5-10,13H2,1-2H3,(H2,21,22,26). The lowest BCUT2D eigenvalue weighted by Crippen LogP contribution is -2.34. The molecule has 8 nitrogen and oxygen atoms in total. The molecular formula is C20H27N5O3S. The van der Waals surface area contributed by atoms with Crippen molar-refractivity contribution < 1.29 is 13.2 Å². The molecule has 0 unspecified atom stereocenters. The predicted octanol–water partition coefficient (Wildman–Crippen LogP) is 2.11. The molecule has 1 aromatic heterocycles. The molecule has 2 amide bonds. The van der Waals surface area contributed by atoms with Crippen LogP contribution in [0.5, 0.6) is 0 Å². The number of aryl methyl sites for hydroxylation is 2. The van der Waals surface area contributed by atoms with E-state index in [0.29, 0.717) is 23.7 Å². The lowest BCUT2D eigenvalue weighted by atomic mass is 10.1. The molecule has 4 rings (SSSR count). The Balaban J connectivity index is 1.38. The molecule has 1 fully saturated rings. The summed E-state index contributed by atoms with van der Waals surface area (Å²) in [6.45, 7) is 4.29. The van der Waals surface area contributed by atoms with Crippen molar-refractivity contribution in [3.8, 4) is 0 Å². The minimum Gasteiger partial charge on any atom is -0.334 e. The van der Waals surface area contributed by atoms with Gasteiger partial charge in [-0.1, -0.05) is 12.1 Å². The molecule has 0 bridgehead atoms. The minimum absolute atomic E-state index is 0.167. The number of anilines is 1. The largest absolute Gasteiger partial charge is 0.334 e. The molecule has 0 atom stereocenters. The molecule has 2 aliphatic rings. The fraction of sp³-hybridized carbons (Fsp3) is 0.500. The quantitative estimate of drug-likeness (QED) is 0.794. The Morgan fingerprint density at radius 1 is 1.24 bits per heavy atom. The summed E-state index contributed by atoms with van der Waals surface area (Å²) in [5.41, 5.74) is 2.59. The molecule has 156 valence electrons. The van der Waals surface area contributed by atoms with E-state index in [1.54, 1.807) is 12.1 Å². The summed E-state index contributed by atoms with van der Waals surface area (Å²) in [6, 6.07) is 7.15. The van der Waals surface area contributed by atoms with Crippen molar-refractivity contribution in [2.75, 3.05) is 31.2 Å². The molecule has 0 aliphatic carbocycles. The summed E-state index contributed by atoms with van der Waals surface area (Å²) >= 11 is 0.